The molecule has 0 aliphatic carbocycles. The van der Waals surface area contributed by atoms with Gasteiger partial charge in [-0.25, -0.2) is 9.18 Å². The maximum Gasteiger partial charge on any atom is 0.411 e. The van der Waals surface area contributed by atoms with Crippen LogP contribution >= 0.6 is 11.6 Å². The number of hydrogen-bond donors (Lipinski definition) is 2. The van der Waals surface area contributed by atoms with E-state index in [1.165, 1.54) is 19.2 Å². The van der Waals surface area contributed by atoms with Crippen LogP contribution in [0, 0.1) is 5.82 Å². The zero-order valence-electron chi connectivity index (χ0n) is 14.1. The number of rotatable bonds is 7. The fourth-order valence-electron chi connectivity index (χ4n) is 2.06. The summed E-state index contributed by atoms with van der Waals surface area (Å²) in [7, 11) is 1.17. The van der Waals surface area contributed by atoms with Gasteiger partial charge in [0, 0.05) is 12.1 Å². The van der Waals surface area contributed by atoms with Gasteiger partial charge in [-0.05, 0) is 36.8 Å². The van der Waals surface area contributed by atoms with Crippen molar-refractivity contribution in [3.8, 4) is 5.75 Å². The van der Waals surface area contributed by atoms with Crippen molar-refractivity contribution in [2.75, 3.05) is 24.4 Å². The molecule has 0 heterocycles. The number of ether oxygens (including phenoxy) is 2. The molecule has 138 valence electrons. The standard InChI is InChI=1S/C18H18ClFN2O4/c1-25-18(24)22-15-11-12(8-9-14(15)20)21-17(23)7-4-10-26-16-6-3-2-5-13(16)19/h2-3,5-6,8-9,11H,4,7,10H2,1H3,(H,21,23)(H,22,24). The molecular formula is C18H18ClFN2O4. The molecule has 2 rings (SSSR count). The van der Waals surface area contributed by atoms with E-state index in [0.29, 0.717) is 29.5 Å². The first-order valence-electron chi connectivity index (χ1n) is 7.81. The number of amides is 2. The van der Waals surface area contributed by atoms with E-state index in [-0.39, 0.29) is 18.0 Å². The van der Waals surface area contributed by atoms with Crippen LogP contribution in [0.5, 0.6) is 5.75 Å². The molecule has 0 aliphatic rings. The molecule has 8 heteroatoms. The van der Waals surface area contributed by atoms with Gasteiger partial charge in [0.2, 0.25) is 5.91 Å². The van der Waals surface area contributed by atoms with Crippen LogP contribution in [0.15, 0.2) is 42.5 Å². The molecular weight excluding hydrogens is 363 g/mol. The molecule has 0 spiro atoms. The number of anilines is 2. The van der Waals surface area contributed by atoms with Gasteiger partial charge in [-0.1, -0.05) is 23.7 Å². The molecule has 0 unspecified atom stereocenters. The molecule has 0 radical (unpaired) electrons. The van der Waals surface area contributed by atoms with Gasteiger partial charge in [0.15, 0.2) is 0 Å². The van der Waals surface area contributed by atoms with E-state index in [2.05, 4.69) is 15.4 Å². The van der Waals surface area contributed by atoms with Crippen LogP contribution in [0.4, 0.5) is 20.6 Å². The maximum atomic E-state index is 13.6. The summed E-state index contributed by atoms with van der Waals surface area (Å²) in [6.45, 7) is 0.329. The fourth-order valence-corrected chi connectivity index (χ4v) is 2.25. The lowest BCUT2D eigenvalue weighted by Gasteiger charge is -2.10. The summed E-state index contributed by atoms with van der Waals surface area (Å²) in [5, 5.41) is 5.37. The highest BCUT2D eigenvalue weighted by molar-refractivity contribution is 6.32. The maximum absolute atomic E-state index is 13.6. The predicted molar refractivity (Wildman–Crippen MR) is 97.2 cm³/mol. The van der Waals surface area contributed by atoms with Crippen LogP contribution in [-0.4, -0.2) is 25.7 Å². The van der Waals surface area contributed by atoms with Crippen LogP contribution < -0.4 is 15.4 Å². The van der Waals surface area contributed by atoms with Crippen molar-refractivity contribution in [3.63, 3.8) is 0 Å². The molecule has 0 bridgehead atoms. The summed E-state index contributed by atoms with van der Waals surface area (Å²) in [5.74, 6) is -0.337. The lowest BCUT2D eigenvalue weighted by molar-refractivity contribution is -0.116. The molecule has 0 saturated heterocycles. The van der Waals surface area contributed by atoms with Gasteiger partial charge in [0.05, 0.1) is 24.4 Å². The average Bonchev–Trinajstić information content (AvgIpc) is 2.62. The Hall–Kier alpha value is -2.80. The molecule has 0 saturated carbocycles. The third-order valence-electron chi connectivity index (χ3n) is 3.31. The first-order chi connectivity index (χ1) is 12.5. The van der Waals surface area contributed by atoms with Gasteiger partial charge in [-0.3, -0.25) is 10.1 Å². The monoisotopic (exact) mass is 380 g/mol. The van der Waals surface area contributed by atoms with Crippen LogP contribution in [0.25, 0.3) is 0 Å². The predicted octanol–water partition coefficient (Wildman–Crippen LogP) is 4.46. The summed E-state index contributed by atoms with van der Waals surface area (Å²) >= 11 is 5.97. The summed E-state index contributed by atoms with van der Waals surface area (Å²) in [4.78, 5) is 23.1. The van der Waals surface area contributed by atoms with Crippen molar-refractivity contribution in [2.45, 2.75) is 12.8 Å². The number of hydrogen-bond acceptors (Lipinski definition) is 4. The zero-order valence-corrected chi connectivity index (χ0v) is 14.8. The minimum Gasteiger partial charge on any atom is -0.492 e. The second-order valence-corrected chi connectivity index (χ2v) is 5.65. The van der Waals surface area contributed by atoms with Crippen molar-refractivity contribution in [1.29, 1.82) is 0 Å². The molecule has 2 aromatic carbocycles. The van der Waals surface area contributed by atoms with Gasteiger partial charge in [-0.2, -0.15) is 0 Å². The van der Waals surface area contributed by atoms with Gasteiger partial charge in [0.1, 0.15) is 11.6 Å². The number of halogens is 2. The van der Waals surface area contributed by atoms with E-state index in [1.807, 2.05) is 6.07 Å². The van der Waals surface area contributed by atoms with Crippen molar-refractivity contribution in [2.24, 2.45) is 0 Å². The van der Waals surface area contributed by atoms with E-state index < -0.39 is 11.9 Å². The van der Waals surface area contributed by atoms with Gasteiger partial charge in [-0.15, -0.1) is 0 Å². The van der Waals surface area contributed by atoms with Gasteiger partial charge in [0.25, 0.3) is 0 Å². The second kappa shape index (κ2) is 9.62. The fraction of sp³-hybridized carbons (Fsp3) is 0.222. The Balaban J connectivity index is 1.81. The molecule has 26 heavy (non-hydrogen) atoms. The molecule has 2 aromatic rings. The third kappa shape index (κ3) is 5.93. The highest BCUT2D eigenvalue weighted by Crippen LogP contribution is 2.23. The van der Waals surface area contributed by atoms with Crippen LogP contribution in [-0.2, 0) is 9.53 Å². The van der Waals surface area contributed by atoms with E-state index in [9.17, 15) is 14.0 Å². The zero-order chi connectivity index (χ0) is 18.9. The number of carbonyl (C=O) groups is 2. The summed E-state index contributed by atoms with van der Waals surface area (Å²) < 4.78 is 23.6. The topological polar surface area (TPSA) is 76.7 Å². The van der Waals surface area contributed by atoms with Crippen LogP contribution in [0.1, 0.15) is 12.8 Å². The summed E-state index contributed by atoms with van der Waals surface area (Å²) in [5.41, 5.74) is 0.270. The number of nitrogens with one attached hydrogen (secondary N) is 2. The summed E-state index contributed by atoms with van der Waals surface area (Å²) in [6, 6.07) is 10.9. The Kier molecular flexibility index (Phi) is 7.23. The molecule has 0 aliphatic heterocycles. The Bertz CT molecular complexity index is 786. The highest BCUT2D eigenvalue weighted by Gasteiger charge is 2.10. The van der Waals surface area contributed by atoms with E-state index in [4.69, 9.17) is 16.3 Å². The second-order valence-electron chi connectivity index (χ2n) is 5.24. The quantitative estimate of drug-likeness (QED) is 0.695. The number of carbonyl (C=O) groups excluding carboxylic acids is 2. The SMILES string of the molecule is COC(=O)Nc1cc(NC(=O)CCCOc2ccccc2Cl)ccc1F. The van der Waals surface area contributed by atoms with E-state index in [0.717, 1.165) is 6.07 Å². The highest BCUT2D eigenvalue weighted by atomic mass is 35.5. The van der Waals surface area contributed by atoms with Crippen molar-refractivity contribution < 1.29 is 23.5 Å². The van der Waals surface area contributed by atoms with Gasteiger partial charge >= 0.3 is 6.09 Å². The smallest absolute Gasteiger partial charge is 0.411 e. The lowest BCUT2D eigenvalue weighted by atomic mass is 10.2. The van der Waals surface area contributed by atoms with Crippen molar-refractivity contribution in [3.05, 3.63) is 53.3 Å². The largest absolute Gasteiger partial charge is 0.492 e. The molecule has 0 fully saturated rings. The van der Waals surface area contributed by atoms with Crippen molar-refractivity contribution in [1.82, 2.24) is 0 Å². The van der Waals surface area contributed by atoms with Crippen LogP contribution in [0.3, 0.4) is 0 Å². The number of para-hydroxylation sites is 1. The van der Waals surface area contributed by atoms with Crippen molar-refractivity contribution >= 4 is 35.0 Å². The number of methoxy groups -OCH3 is 1. The van der Waals surface area contributed by atoms with E-state index >= 15 is 0 Å². The number of benzene rings is 2. The summed E-state index contributed by atoms with van der Waals surface area (Å²) in [6.07, 6.45) is -0.114. The first-order valence-corrected chi connectivity index (χ1v) is 8.19. The Morgan fingerprint density at radius 3 is 2.65 bits per heavy atom. The molecule has 6 nitrogen and oxygen atoms in total. The molecule has 2 amide bonds. The minimum absolute atomic E-state index is 0.0864. The normalized spacial score (nSPS) is 10.1. The Morgan fingerprint density at radius 1 is 1.15 bits per heavy atom. The molecule has 2 N–H and O–H groups in total. The first kappa shape index (κ1) is 19.5. The molecule has 0 atom stereocenters. The minimum atomic E-state index is -0.802. The third-order valence-corrected chi connectivity index (χ3v) is 3.63. The molecule has 0 aromatic heterocycles. The Labute approximate surface area is 155 Å². The Morgan fingerprint density at radius 2 is 1.92 bits per heavy atom. The van der Waals surface area contributed by atoms with Gasteiger partial charge < -0.3 is 14.8 Å². The van der Waals surface area contributed by atoms with E-state index in [1.54, 1.807) is 18.2 Å². The van der Waals surface area contributed by atoms with Crippen LogP contribution in [0.2, 0.25) is 5.02 Å². The lowest BCUT2D eigenvalue weighted by Crippen LogP contribution is -2.15. The average molecular weight is 381 g/mol.